The molecular formula is C30H34N4O2. The molecule has 6 heteroatoms. The van der Waals surface area contributed by atoms with E-state index in [-0.39, 0.29) is 17.9 Å². The summed E-state index contributed by atoms with van der Waals surface area (Å²) >= 11 is 0. The normalized spacial score (nSPS) is 15.3. The Kier molecular flexibility index (Phi) is 6.77. The summed E-state index contributed by atoms with van der Waals surface area (Å²) in [5, 5.41) is 7.73. The summed E-state index contributed by atoms with van der Waals surface area (Å²) in [6.07, 6.45) is 7.81. The Morgan fingerprint density at radius 2 is 1.64 bits per heavy atom. The van der Waals surface area contributed by atoms with Crippen LogP contribution in [0, 0.1) is 20.8 Å². The molecule has 0 bridgehead atoms. The summed E-state index contributed by atoms with van der Waals surface area (Å²) in [6.45, 7) is 7.38. The first-order valence-electron chi connectivity index (χ1n) is 12.9. The molecule has 3 aromatic rings. The lowest BCUT2D eigenvalue weighted by molar-refractivity contribution is -0.127. The molecule has 2 aliphatic carbocycles. The lowest BCUT2D eigenvalue weighted by atomic mass is 10.1. The average Bonchev–Trinajstić information content (AvgIpc) is 3.79. The van der Waals surface area contributed by atoms with Crippen LogP contribution >= 0.6 is 0 Å². The molecule has 2 aliphatic rings. The maximum atomic E-state index is 13.2. The molecule has 2 aromatic carbocycles. The number of aromatic nitrogens is 2. The van der Waals surface area contributed by atoms with E-state index in [1.54, 1.807) is 6.08 Å². The molecule has 2 saturated carbocycles. The van der Waals surface area contributed by atoms with E-state index in [0.29, 0.717) is 24.7 Å². The number of carbonyl (C=O) groups is 2. The third kappa shape index (κ3) is 5.76. The van der Waals surface area contributed by atoms with Gasteiger partial charge >= 0.3 is 0 Å². The minimum atomic E-state index is -0.0178. The topological polar surface area (TPSA) is 67.2 Å². The zero-order valence-electron chi connectivity index (χ0n) is 21.3. The zero-order chi connectivity index (χ0) is 25.2. The van der Waals surface area contributed by atoms with Gasteiger partial charge in [-0.25, -0.2) is 0 Å². The molecular weight excluding hydrogens is 448 g/mol. The molecule has 1 aromatic heterocycles. The van der Waals surface area contributed by atoms with Crippen molar-refractivity contribution in [1.29, 1.82) is 0 Å². The van der Waals surface area contributed by atoms with E-state index in [4.69, 9.17) is 5.10 Å². The number of benzene rings is 2. The molecule has 2 fully saturated rings. The van der Waals surface area contributed by atoms with Crippen LogP contribution in [0.2, 0.25) is 0 Å². The van der Waals surface area contributed by atoms with Crippen LogP contribution in [0.4, 0.5) is 0 Å². The van der Waals surface area contributed by atoms with Gasteiger partial charge in [0.1, 0.15) is 0 Å². The first-order valence-corrected chi connectivity index (χ1v) is 12.9. The van der Waals surface area contributed by atoms with E-state index in [1.165, 1.54) is 11.1 Å². The number of amides is 2. The highest BCUT2D eigenvalue weighted by atomic mass is 16.2. The van der Waals surface area contributed by atoms with Gasteiger partial charge in [-0.2, -0.15) is 5.10 Å². The second-order valence-electron chi connectivity index (χ2n) is 10.2. The second-order valence-corrected chi connectivity index (χ2v) is 10.2. The van der Waals surface area contributed by atoms with Crippen LogP contribution in [0.15, 0.2) is 54.6 Å². The van der Waals surface area contributed by atoms with Crippen molar-refractivity contribution in [2.75, 3.05) is 0 Å². The van der Waals surface area contributed by atoms with Gasteiger partial charge in [0.2, 0.25) is 5.91 Å². The Bertz CT molecular complexity index is 1280. The Labute approximate surface area is 213 Å². The second kappa shape index (κ2) is 10.1. The first kappa shape index (κ1) is 24.0. The van der Waals surface area contributed by atoms with Gasteiger partial charge in [-0.1, -0.05) is 42.0 Å². The molecule has 0 saturated heterocycles. The lowest BCUT2D eigenvalue weighted by Gasteiger charge is -2.21. The predicted octanol–water partition coefficient (Wildman–Crippen LogP) is 4.95. The first-order chi connectivity index (χ1) is 17.4. The third-order valence-electron chi connectivity index (χ3n) is 7.04. The van der Waals surface area contributed by atoms with Crippen molar-refractivity contribution in [2.24, 2.45) is 0 Å². The molecule has 0 aliphatic heterocycles. The van der Waals surface area contributed by atoms with Crippen LogP contribution in [0.5, 0.6) is 0 Å². The van der Waals surface area contributed by atoms with E-state index in [0.717, 1.165) is 48.2 Å². The van der Waals surface area contributed by atoms with Crippen molar-refractivity contribution < 1.29 is 9.59 Å². The number of rotatable bonds is 9. The molecule has 2 amide bonds. The summed E-state index contributed by atoms with van der Waals surface area (Å²) in [4.78, 5) is 27.4. The number of nitrogens with zero attached hydrogens (tertiary/aromatic N) is 3. The quantitative estimate of drug-likeness (QED) is 0.439. The summed E-state index contributed by atoms with van der Waals surface area (Å²) in [6, 6.07) is 16.7. The SMILES string of the molecule is Cc1ccc(Cn2nc(C)c(/C=C/C(=O)N(Cc3ccc(C(=O)NC4CC4)cc3)C3CC3)c2C)cc1. The van der Waals surface area contributed by atoms with Crippen molar-refractivity contribution in [3.8, 4) is 0 Å². The maximum Gasteiger partial charge on any atom is 0.251 e. The Morgan fingerprint density at radius 1 is 0.972 bits per heavy atom. The minimum Gasteiger partial charge on any atom is -0.349 e. The van der Waals surface area contributed by atoms with Crippen LogP contribution in [0.3, 0.4) is 0 Å². The summed E-state index contributed by atoms with van der Waals surface area (Å²) in [5.74, 6) is -0.00564. The average molecular weight is 483 g/mol. The van der Waals surface area contributed by atoms with Crippen molar-refractivity contribution in [3.05, 3.63) is 93.8 Å². The highest BCUT2D eigenvalue weighted by molar-refractivity contribution is 5.94. The Balaban J connectivity index is 1.25. The molecule has 186 valence electrons. The van der Waals surface area contributed by atoms with Gasteiger partial charge in [-0.15, -0.1) is 0 Å². The van der Waals surface area contributed by atoms with E-state index < -0.39 is 0 Å². The van der Waals surface area contributed by atoms with Gasteiger partial charge < -0.3 is 10.2 Å². The minimum absolute atomic E-state index is 0.0122. The van der Waals surface area contributed by atoms with Gasteiger partial charge in [0.15, 0.2) is 0 Å². The summed E-state index contributed by atoms with van der Waals surface area (Å²) in [7, 11) is 0. The fourth-order valence-corrected chi connectivity index (χ4v) is 4.45. The fourth-order valence-electron chi connectivity index (χ4n) is 4.45. The molecule has 0 spiro atoms. The molecule has 0 atom stereocenters. The van der Waals surface area contributed by atoms with E-state index in [9.17, 15) is 9.59 Å². The number of hydrogen-bond donors (Lipinski definition) is 1. The van der Waals surface area contributed by atoms with E-state index in [1.807, 2.05) is 46.8 Å². The van der Waals surface area contributed by atoms with E-state index in [2.05, 4.69) is 43.4 Å². The van der Waals surface area contributed by atoms with Gasteiger partial charge in [0, 0.05) is 41.5 Å². The smallest absolute Gasteiger partial charge is 0.251 e. The summed E-state index contributed by atoms with van der Waals surface area (Å²) in [5.41, 5.74) is 7.11. The molecule has 6 nitrogen and oxygen atoms in total. The molecule has 1 heterocycles. The lowest BCUT2D eigenvalue weighted by Crippen LogP contribution is -2.31. The van der Waals surface area contributed by atoms with Crippen molar-refractivity contribution >= 4 is 17.9 Å². The van der Waals surface area contributed by atoms with Crippen LogP contribution in [0.1, 0.15) is 69.7 Å². The monoisotopic (exact) mass is 482 g/mol. The molecule has 0 unspecified atom stereocenters. The number of carbonyl (C=O) groups excluding carboxylic acids is 2. The van der Waals surface area contributed by atoms with Gasteiger partial charge in [0.25, 0.3) is 5.91 Å². The number of hydrogen-bond acceptors (Lipinski definition) is 3. The van der Waals surface area contributed by atoms with E-state index >= 15 is 0 Å². The van der Waals surface area contributed by atoms with Gasteiger partial charge in [0.05, 0.1) is 12.2 Å². The van der Waals surface area contributed by atoms with Gasteiger partial charge in [-0.3, -0.25) is 14.3 Å². The van der Waals surface area contributed by atoms with Crippen molar-refractivity contribution in [3.63, 3.8) is 0 Å². The molecule has 5 rings (SSSR count). The molecule has 0 radical (unpaired) electrons. The summed E-state index contributed by atoms with van der Waals surface area (Å²) < 4.78 is 2.00. The molecule has 36 heavy (non-hydrogen) atoms. The number of aryl methyl sites for hydroxylation is 2. The fraction of sp³-hybridized carbons (Fsp3) is 0.367. The highest BCUT2D eigenvalue weighted by Crippen LogP contribution is 2.29. The Hall–Kier alpha value is -3.67. The predicted molar refractivity (Wildman–Crippen MR) is 142 cm³/mol. The molecule has 1 N–H and O–H groups in total. The highest BCUT2D eigenvalue weighted by Gasteiger charge is 2.31. The third-order valence-corrected chi connectivity index (χ3v) is 7.04. The maximum absolute atomic E-state index is 13.2. The van der Waals surface area contributed by atoms with Crippen LogP contribution in [0.25, 0.3) is 6.08 Å². The number of nitrogens with one attached hydrogen (secondary N) is 1. The van der Waals surface area contributed by atoms with Crippen LogP contribution in [-0.2, 0) is 17.9 Å². The van der Waals surface area contributed by atoms with Crippen LogP contribution in [-0.4, -0.2) is 38.6 Å². The largest absolute Gasteiger partial charge is 0.349 e. The van der Waals surface area contributed by atoms with Crippen LogP contribution < -0.4 is 5.32 Å². The van der Waals surface area contributed by atoms with Crippen molar-refractivity contribution in [1.82, 2.24) is 20.0 Å². The standard InChI is InChI=1S/C30H34N4O2/c1-20-4-6-24(7-5-20)19-34-22(3)28(21(2)32-34)16-17-29(35)33(27-14-15-27)18-23-8-10-25(11-9-23)30(36)31-26-12-13-26/h4-11,16-17,26-27H,12-15,18-19H2,1-3H3,(H,31,36)/b17-16+. The Morgan fingerprint density at radius 3 is 2.28 bits per heavy atom. The van der Waals surface area contributed by atoms with Crippen molar-refractivity contribution in [2.45, 2.75) is 71.6 Å². The zero-order valence-corrected chi connectivity index (χ0v) is 21.3. The van der Waals surface area contributed by atoms with Gasteiger partial charge in [-0.05, 0) is 75.8 Å².